The van der Waals surface area contributed by atoms with E-state index in [2.05, 4.69) is 38.4 Å². The zero-order valence-corrected chi connectivity index (χ0v) is 16.0. The maximum atomic E-state index is 11.1. The molecule has 22 heavy (non-hydrogen) atoms. The van der Waals surface area contributed by atoms with Gasteiger partial charge < -0.3 is 5.11 Å². The molecular formula is C20H30OSi. The highest BCUT2D eigenvalue weighted by molar-refractivity contribution is 6.84. The first-order chi connectivity index (χ1) is 10.2. The van der Waals surface area contributed by atoms with Gasteiger partial charge in [-0.3, -0.25) is 0 Å². The smallest absolute Gasteiger partial charge is 0.108 e. The molecule has 0 aliphatic heterocycles. The van der Waals surface area contributed by atoms with Crippen LogP contribution in [0.3, 0.4) is 0 Å². The van der Waals surface area contributed by atoms with E-state index in [0.717, 1.165) is 24.0 Å². The van der Waals surface area contributed by atoms with Gasteiger partial charge in [-0.1, -0.05) is 75.2 Å². The molecule has 1 aromatic carbocycles. The Kier molecular flexibility index (Phi) is 6.65. The first kappa shape index (κ1) is 18.7. The van der Waals surface area contributed by atoms with E-state index < -0.39 is 13.7 Å². The number of hydrogen-bond donors (Lipinski definition) is 1. The normalized spacial score (nSPS) is 15.4. The molecular weight excluding hydrogens is 284 g/mol. The van der Waals surface area contributed by atoms with Crippen LogP contribution in [0.1, 0.15) is 45.6 Å². The third-order valence-electron chi connectivity index (χ3n) is 4.06. The standard InChI is InChI=1S/C20H30OSi/c1-7-8-9-13-16-19(22(4,5)6)17(2)20(3,21)18-14-11-10-12-15-18/h10-12,14-15,21H,7-9H2,1-6H3/b19-17+. The van der Waals surface area contributed by atoms with Crippen LogP contribution in [0, 0.1) is 11.8 Å². The summed E-state index contributed by atoms with van der Waals surface area (Å²) < 4.78 is 0. The largest absolute Gasteiger partial charge is 0.381 e. The van der Waals surface area contributed by atoms with Gasteiger partial charge in [-0.25, -0.2) is 0 Å². The van der Waals surface area contributed by atoms with Gasteiger partial charge in [-0.2, -0.15) is 0 Å². The van der Waals surface area contributed by atoms with Crippen molar-refractivity contribution in [2.45, 2.75) is 65.3 Å². The van der Waals surface area contributed by atoms with Gasteiger partial charge in [0.15, 0.2) is 0 Å². The van der Waals surface area contributed by atoms with Crippen LogP contribution in [0.4, 0.5) is 0 Å². The minimum Gasteiger partial charge on any atom is -0.381 e. The van der Waals surface area contributed by atoms with E-state index in [0.29, 0.717) is 0 Å². The van der Waals surface area contributed by atoms with E-state index in [-0.39, 0.29) is 0 Å². The first-order valence-electron chi connectivity index (χ1n) is 8.19. The Morgan fingerprint density at radius 1 is 1.18 bits per heavy atom. The molecule has 1 aromatic rings. The summed E-state index contributed by atoms with van der Waals surface area (Å²) >= 11 is 0. The van der Waals surface area contributed by atoms with Gasteiger partial charge in [0.05, 0.1) is 8.07 Å². The van der Waals surface area contributed by atoms with Crippen LogP contribution in [0.5, 0.6) is 0 Å². The van der Waals surface area contributed by atoms with E-state index in [1.165, 1.54) is 11.6 Å². The molecule has 0 heterocycles. The molecule has 1 nitrogen and oxygen atoms in total. The number of aliphatic hydroxyl groups is 1. The summed E-state index contributed by atoms with van der Waals surface area (Å²) in [5.41, 5.74) is 0.969. The van der Waals surface area contributed by atoms with E-state index in [1.54, 1.807) is 0 Å². The lowest BCUT2D eigenvalue weighted by molar-refractivity contribution is 0.0972. The van der Waals surface area contributed by atoms with Crippen molar-refractivity contribution >= 4 is 8.07 Å². The van der Waals surface area contributed by atoms with E-state index in [4.69, 9.17) is 0 Å². The van der Waals surface area contributed by atoms with Crippen LogP contribution < -0.4 is 0 Å². The third kappa shape index (κ3) is 4.86. The predicted octanol–water partition coefficient (Wildman–Crippen LogP) is 5.28. The molecule has 0 saturated heterocycles. The molecule has 1 N–H and O–H groups in total. The first-order valence-corrected chi connectivity index (χ1v) is 11.7. The summed E-state index contributed by atoms with van der Waals surface area (Å²) in [6.45, 7) is 13.0. The predicted molar refractivity (Wildman–Crippen MR) is 99.4 cm³/mol. The lowest BCUT2D eigenvalue weighted by Gasteiger charge is -2.30. The highest BCUT2D eigenvalue weighted by Crippen LogP contribution is 2.33. The topological polar surface area (TPSA) is 20.2 Å². The molecule has 0 spiro atoms. The Morgan fingerprint density at radius 3 is 2.27 bits per heavy atom. The molecule has 0 radical (unpaired) electrons. The lowest BCUT2D eigenvalue weighted by Crippen LogP contribution is -2.31. The van der Waals surface area contributed by atoms with Crippen LogP contribution >= 0.6 is 0 Å². The Morgan fingerprint density at radius 2 is 1.77 bits per heavy atom. The summed E-state index contributed by atoms with van der Waals surface area (Å²) in [6, 6.07) is 9.88. The molecule has 120 valence electrons. The van der Waals surface area contributed by atoms with Gasteiger partial charge in [0, 0.05) is 6.42 Å². The fourth-order valence-electron chi connectivity index (χ4n) is 2.48. The second kappa shape index (κ2) is 7.81. The van der Waals surface area contributed by atoms with Crippen LogP contribution in [0.15, 0.2) is 41.1 Å². The van der Waals surface area contributed by atoms with E-state index >= 15 is 0 Å². The molecule has 2 heteroatoms. The summed E-state index contributed by atoms with van der Waals surface area (Å²) in [5.74, 6) is 6.71. The van der Waals surface area contributed by atoms with E-state index in [1.807, 2.05) is 44.2 Å². The van der Waals surface area contributed by atoms with Crippen LogP contribution in [0.25, 0.3) is 0 Å². The van der Waals surface area contributed by atoms with Crippen molar-refractivity contribution in [3.63, 3.8) is 0 Å². The van der Waals surface area contributed by atoms with E-state index in [9.17, 15) is 5.11 Å². The molecule has 1 atom stereocenters. The van der Waals surface area contributed by atoms with Crippen molar-refractivity contribution < 1.29 is 5.11 Å². The minimum absolute atomic E-state index is 0.929. The Bertz CT molecular complexity index is 565. The maximum absolute atomic E-state index is 11.1. The highest BCUT2D eigenvalue weighted by Gasteiger charge is 2.31. The summed E-state index contributed by atoms with van der Waals surface area (Å²) in [5, 5.41) is 12.3. The maximum Gasteiger partial charge on any atom is 0.108 e. The lowest BCUT2D eigenvalue weighted by atomic mass is 9.88. The Hall–Kier alpha value is -1.30. The summed E-state index contributed by atoms with van der Waals surface area (Å²) in [7, 11) is -1.61. The number of unbranched alkanes of at least 4 members (excludes halogenated alkanes) is 2. The average molecular weight is 315 g/mol. The second-order valence-electron chi connectivity index (χ2n) is 7.09. The second-order valence-corrected chi connectivity index (χ2v) is 12.1. The Balaban J connectivity index is 3.29. The molecule has 0 saturated carbocycles. The van der Waals surface area contributed by atoms with Gasteiger partial charge in [-0.15, -0.1) is 0 Å². The molecule has 0 amide bonds. The molecule has 0 fully saturated rings. The number of benzene rings is 1. The van der Waals surface area contributed by atoms with Gasteiger partial charge in [0.1, 0.15) is 5.60 Å². The van der Waals surface area contributed by atoms with Gasteiger partial charge in [-0.05, 0) is 36.6 Å². The highest BCUT2D eigenvalue weighted by atomic mass is 28.3. The van der Waals surface area contributed by atoms with Crippen molar-refractivity contribution in [3.05, 3.63) is 46.7 Å². The fraction of sp³-hybridized carbons (Fsp3) is 0.500. The number of allylic oxidation sites excluding steroid dienone is 1. The Labute approximate surface area is 137 Å². The van der Waals surface area contributed by atoms with Crippen LogP contribution in [0.2, 0.25) is 19.6 Å². The van der Waals surface area contributed by atoms with Gasteiger partial charge >= 0.3 is 0 Å². The average Bonchev–Trinajstić information content (AvgIpc) is 2.46. The number of hydrogen-bond acceptors (Lipinski definition) is 1. The zero-order valence-electron chi connectivity index (χ0n) is 15.0. The van der Waals surface area contributed by atoms with Crippen LogP contribution in [-0.2, 0) is 5.60 Å². The molecule has 0 aliphatic rings. The summed E-state index contributed by atoms with van der Waals surface area (Å²) in [4.78, 5) is 0. The molecule has 1 rings (SSSR count). The fourth-order valence-corrected chi connectivity index (χ4v) is 4.31. The quantitative estimate of drug-likeness (QED) is 0.445. The van der Waals surface area contributed by atoms with Crippen molar-refractivity contribution in [2.24, 2.45) is 0 Å². The van der Waals surface area contributed by atoms with Gasteiger partial charge in [0.25, 0.3) is 0 Å². The molecule has 1 unspecified atom stereocenters. The number of rotatable bonds is 5. The van der Waals surface area contributed by atoms with Crippen molar-refractivity contribution in [3.8, 4) is 11.8 Å². The molecule has 0 aromatic heterocycles. The third-order valence-corrected chi connectivity index (χ3v) is 6.06. The summed E-state index contributed by atoms with van der Waals surface area (Å²) in [6.07, 6.45) is 3.24. The van der Waals surface area contributed by atoms with Crippen LogP contribution in [-0.4, -0.2) is 13.2 Å². The van der Waals surface area contributed by atoms with Crippen molar-refractivity contribution in [2.75, 3.05) is 0 Å². The SMILES string of the molecule is CCCCC#C/C(=C(/C)C(C)(O)c1ccccc1)[Si](C)(C)C. The van der Waals surface area contributed by atoms with Crippen molar-refractivity contribution in [1.29, 1.82) is 0 Å². The minimum atomic E-state index is -1.61. The monoisotopic (exact) mass is 314 g/mol. The van der Waals surface area contributed by atoms with Crippen molar-refractivity contribution in [1.82, 2.24) is 0 Å². The van der Waals surface area contributed by atoms with Gasteiger partial charge in [0.2, 0.25) is 0 Å². The molecule has 0 bridgehead atoms. The molecule has 0 aliphatic carbocycles. The zero-order chi connectivity index (χ0) is 16.8.